The fourth-order valence-corrected chi connectivity index (χ4v) is 1.70. The summed E-state index contributed by atoms with van der Waals surface area (Å²) in [6, 6.07) is 6.60. The Morgan fingerprint density at radius 1 is 1.40 bits per heavy atom. The van der Waals surface area contributed by atoms with E-state index in [0.29, 0.717) is 10.8 Å². The van der Waals surface area contributed by atoms with E-state index in [9.17, 15) is 14.7 Å². The Labute approximate surface area is 114 Å². The van der Waals surface area contributed by atoms with E-state index >= 15 is 0 Å². The number of aromatic amines is 1. The van der Waals surface area contributed by atoms with Gasteiger partial charge in [-0.2, -0.15) is 5.10 Å². The molecule has 0 bridgehead atoms. The van der Waals surface area contributed by atoms with Crippen LogP contribution < -0.4 is 10.9 Å². The van der Waals surface area contributed by atoms with Crippen molar-refractivity contribution in [1.82, 2.24) is 15.5 Å². The fraction of sp³-hybridized carbons (Fsp3) is 0.308. The second kappa shape index (κ2) is 5.40. The van der Waals surface area contributed by atoms with Gasteiger partial charge in [0, 0.05) is 11.9 Å². The molecular formula is C13H15N3O4. The molecule has 1 amide bonds. The van der Waals surface area contributed by atoms with Gasteiger partial charge < -0.3 is 15.5 Å². The zero-order chi connectivity index (χ0) is 14.8. The summed E-state index contributed by atoms with van der Waals surface area (Å²) in [6.07, 6.45) is 0. The summed E-state index contributed by atoms with van der Waals surface area (Å²) >= 11 is 0. The number of benzene rings is 1. The van der Waals surface area contributed by atoms with Gasteiger partial charge in [-0.05, 0) is 13.0 Å². The first-order valence-corrected chi connectivity index (χ1v) is 6.03. The molecule has 2 rings (SSSR count). The number of carbonyl (C=O) groups is 1. The first-order chi connectivity index (χ1) is 9.44. The van der Waals surface area contributed by atoms with Gasteiger partial charge in [0.05, 0.1) is 12.0 Å². The summed E-state index contributed by atoms with van der Waals surface area (Å²) in [7, 11) is 0. The van der Waals surface area contributed by atoms with Crippen LogP contribution >= 0.6 is 0 Å². The van der Waals surface area contributed by atoms with E-state index in [0.717, 1.165) is 0 Å². The molecule has 0 saturated heterocycles. The normalized spacial score (nSPS) is 13.9. The molecule has 0 aliphatic rings. The third kappa shape index (κ3) is 2.84. The topological polar surface area (TPSA) is 115 Å². The van der Waals surface area contributed by atoms with Crippen molar-refractivity contribution < 1.29 is 15.0 Å². The largest absolute Gasteiger partial charge is 0.393 e. The summed E-state index contributed by atoms with van der Waals surface area (Å²) in [4.78, 5) is 23.6. The zero-order valence-electron chi connectivity index (χ0n) is 10.9. The van der Waals surface area contributed by atoms with E-state index < -0.39 is 18.1 Å². The van der Waals surface area contributed by atoms with Crippen molar-refractivity contribution in [3.8, 4) is 0 Å². The predicted octanol–water partition coefficient (Wildman–Crippen LogP) is -0.604. The lowest BCUT2D eigenvalue weighted by atomic mass is 10.1. The highest BCUT2D eigenvalue weighted by Crippen LogP contribution is 2.12. The average molecular weight is 277 g/mol. The highest BCUT2D eigenvalue weighted by molar-refractivity contribution is 6.04. The number of carbonyl (C=O) groups excluding carboxylic acids is 1. The van der Waals surface area contributed by atoms with Crippen molar-refractivity contribution in [2.75, 3.05) is 13.2 Å². The number of aliphatic hydroxyl groups is 2. The lowest BCUT2D eigenvalue weighted by Gasteiger charge is -2.20. The highest BCUT2D eigenvalue weighted by Gasteiger charge is 2.21. The number of aliphatic hydroxyl groups excluding tert-OH is 1. The molecule has 0 saturated carbocycles. The molecule has 20 heavy (non-hydrogen) atoms. The summed E-state index contributed by atoms with van der Waals surface area (Å²) < 4.78 is 0. The molecule has 0 radical (unpaired) electrons. The van der Waals surface area contributed by atoms with Crippen LogP contribution in [-0.4, -0.2) is 45.1 Å². The molecule has 7 nitrogen and oxygen atoms in total. The lowest BCUT2D eigenvalue weighted by Crippen LogP contribution is -2.43. The monoisotopic (exact) mass is 277 g/mol. The van der Waals surface area contributed by atoms with Crippen LogP contribution in [0.15, 0.2) is 29.1 Å². The number of fused-ring (bicyclic) bond motifs is 1. The Balaban J connectivity index is 2.32. The number of nitrogens with one attached hydrogen (secondary N) is 2. The lowest BCUT2D eigenvalue weighted by molar-refractivity contribution is 0.00317. The van der Waals surface area contributed by atoms with Crippen LogP contribution in [0.2, 0.25) is 0 Å². The number of amides is 1. The second-order valence-electron chi connectivity index (χ2n) is 4.78. The van der Waals surface area contributed by atoms with Gasteiger partial charge in [0.1, 0.15) is 5.60 Å². The van der Waals surface area contributed by atoms with Crippen LogP contribution in [0, 0.1) is 0 Å². The predicted molar refractivity (Wildman–Crippen MR) is 72.4 cm³/mol. The van der Waals surface area contributed by atoms with Crippen molar-refractivity contribution in [3.05, 3.63) is 40.3 Å². The molecule has 106 valence electrons. The van der Waals surface area contributed by atoms with Gasteiger partial charge in [-0.3, -0.25) is 9.59 Å². The van der Waals surface area contributed by atoms with Gasteiger partial charge in [-0.1, -0.05) is 18.2 Å². The van der Waals surface area contributed by atoms with Gasteiger partial charge in [0.15, 0.2) is 5.69 Å². The van der Waals surface area contributed by atoms with Gasteiger partial charge in [0.25, 0.3) is 11.5 Å². The van der Waals surface area contributed by atoms with Crippen LogP contribution in [0.3, 0.4) is 0 Å². The van der Waals surface area contributed by atoms with E-state index in [1.807, 2.05) is 0 Å². The maximum Gasteiger partial charge on any atom is 0.272 e. The smallest absolute Gasteiger partial charge is 0.272 e. The molecule has 2 aromatic rings. The van der Waals surface area contributed by atoms with Gasteiger partial charge in [-0.15, -0.1) is 0 Å². The summed E-state index contributed by atoms with van der Waals surface area (Å²) in [6.45, 7) is 0.788. The van der Waals surface area contributed by atoms with Crippen LogP contribution in [0.25, 0.3) is 10.8 Å². The minimum Gasteiger partial charge on any atom is -0.393 e. The molecule has 1 unspecified atom stereocenters. The van der Waals surface area contributed by atoms with Crippen molar-refractivity contribution in [3.63, 3.8) is 0 Å². The Bertz CT molecular complexity index is 693. The van der Waals surface area contributed by atoms with Crippen molar-refractivity contribution in [1.29, 1.82) is 0 Å². The Kier molecular flexibility index (Phi) is 3.82. The van der Waals surface area contributed by atoms with Gasteiger partial charge >= 0.3 is 0 Å². The quantitative estimate of drug-likeness (QED) is 0.595. The summed E-state index contributed by atoms with van der Waals surface area (Å²) in [5.41, 5.74) is -1.72. The Morgan fingerprint density at radius 3 is 2.70 bits per heavy atom. The number of rotatable bonds is 4. The molecular weight excluding hydrogens is 262 g/mol. The fourth-order valence-electron chi connectivity index (χ4n) is 1.70. The molecule has 1 aromatic heterocycles. The first-order valence-electron chi connectivity index (χ1n) is 6.03. The Hall–Kier alpha value is -2.25. The number of H-pyrrole nitrogens is 1. The standard InChI is InChI=1S/C13H15N3O4/c1-13(20,7-17)6-14-12(19)10-8-4-2-3-5-9(8)11(18)16-15-10/h2-5,17,20H,6-7H2,1H3,(H,14,19)(H,16,18). The van der Waals surface area contributed by atoms with Crippen LogP contribution in [-0.2, 0) is 0 Å². The second-order valence-corrected chi connectivity index (χ2v) is 4.78. The molecule has 1 heterocycles. The average Bonchev–Trinajstić information content (AvgIpc) is 2.46. The molecule has 1 aromatic carbocycles. The number of hydrogen-bond acceptors (Lipinski definition) is 5. The molecule has 1 atom stereocenters. The van der Waals surface area contributed by atoms with Crippen LogP contribution in [0.5, 0.6) is 0 Å². The van der Waals surface area contributed by atoms with Crippen LogP contribution in [0.1, 0.15) is 17.4 Å². The highest BCUT2D eigenvalue weighted by atomic mass is 16.3. The molecule has 0 aliphatic heterocycles. The number of aromatic nitrogens is 2. The van der Waals surface area contributed by atoms with Gasteiger partial charge in [-0.25, -0.2) is 5.10 Å². The zero-order valence-corrected chi connectivity index (χ0v) is 10.9. The van der Waals surface area contributed by atoms with Crippen molar-refractivity contribution >= 4 is 16.7 Å². The maximum atomic E-state index is 12.0. The third-order valence-electron chi connectivity index (χ3n) is 2.88. The first kappa shape index (κ1) is 14.2. The summed E-state index contributed by atoms with van der Waals surface area (Å²) in [5.74, 6) is -0.536. The van der Waals surface area contributed by atoms with Crippen LogP contribution in [0.4, 0.5) is 0 Å². The molecule has 4 N–H and O–H groups in total. The maximum absolute atomic E-state index is 12.0. The molecule has 0 fully saturated rings. The number of nitrogens with zero attached hydrogens (tertiary/aromatic N) is 1. The van der Waals surface area contributed by atoms with E-state index in [1.165, 1.54) is 6.92 Å². The SMILES string of the molecule is CC(O)(CO)CNC(=O)c1n[nH]c(=O)c2ccccc12. The van der Waals surface area contributed by atoms with Gasteiger partial charge in [0.2, 0.25) is 0 Å². The molecule has 0 aliphatic carbocycles. The molecule has 7 heteroatoms. The van der Waals surface area contributed by atoms with E-state index in [-0.39, 0.29) is 17.8 Å². The molecule has 0 spiro atoms. The van der Waals surface area contributed by atoms with E-state index in [2.05, 4.69) is 15.5 Å². The minimum absolute atomic E-state index is 0.0638. The van der Waals surface area contributed by atoms with E-state index in [4.69, 9.17) is 5.11 Å². The third-order valence-corrected chi connectivity index (χ3v) is 2.88. The Morgan fingerprint density at radius 2 is 2.05 bits per heavy atom. The van der Waals surface area contributed by atoms with E-state index in [1.54, 1.807) is 24.3 Å². The number of hydrogen-bond donors (Lipinski definition) is 4. The minimum atomic E-state index is -1.41. The van der Waals surface area contributed by atoms with Crippen molar-refractivity contribution in [2.24, 2.45) is 0 Å². The summed E-state index contributed by atoms with van der Waals surface area (Å²) in [5, 5.41) is 27.8. The van der Waals surface area contributed by atoms with Crippen molar-refractivity contribution in [2.45, 2.75) is 12.5 Å².